The molecule has 24 heavy (non-hydrogen) atoms. The van der Waals surface area contributed by atoms with E-state index in [2.05, 4.69) is 33.8 Å². The fraction of sp³-hybridized carbons (Fsp3) is 0.278. The number of aryl methyl sites for hydroxylation is 1. The van der Waals surface area contributed by atoms with Crippen LogP contribution in [0, 0.1) is 0 Å². The van der Waals surface area contributed by atoms with E-state index in [-0.39, 0.29) is 17.8 Å². The first-order chi connectivity index (χ1) is 11.6. The number of benzene rings is 1. The van der Waals surface area contributed by atoms with Crippen molar-refractivity contribution in [1.29, 1.82) is 0 Å². The molecular formula is C18H20N4O2. The number of carbonyl (C=O) groups excluding carboxylic acids is 2. The number of anilines is 1. The Morgan fingerprint density at radius 1 is 1.12 bits per heavy atom. The van der Waals surface area contributed by atoms with Crippen LogP contribution < -0.4 is 16.4 Å². The van der Waals surface area contributed by atoms with Crippen LogP contribution in [-0.4, -0.2) is 23.0 Å². The third-order valence-electron chi connectivity index (χ3n) is 4.19. The number of nitrogens with one attached hydrogen (secondary N) is 2. The fourth-order valence-electron chi connectivity index (χ4n) is 3.00. The maximum atomic E-state index is 12.2. The van der Waals surface area contributed by atoms with Crippen molar-refractivity contribution < 1.29 is 9.59 Å². The van der Waals surface area contributed by atoms with Gasteiger partial charge in [0.15, 0.2) is 0 Å². The van der Waals surface area contributed by atoms with E-state index in [4.69, 9.17) is 5.73 Å². The molecule has 1 unspecified atom stereocenters. The van der Waals surface area contributed by atoms with Gasteiger partial charge in [0.05, 0.1) is 11.9 Å². The second kappa shape index (κ2) is 7.12. The maximum Gasteiger partial charge on any atom is 0.319 e. The van der Waals surface area contributed by atoms with E-state index >= 15 is 0 Å². The summed E-state index contributed by atoms with van der Waals surface area (Å²) in [6, 6.07) is 11.3. The zero-order valence-corrected chi connectivity index (χ0v) is 13.3. The van der Waals surface area contributed by atoms with Crippen LogP contribution in [0.25, 0.3) is 0 Å². The standard InChI is InChI=1S/C18H20N4O2/c19-17(23)16-9-8-15(11-20-16)22-18(24)21-14-7-3-6-12-4-1-2-5-13(12)10-14/h1-2,4-5,8-9,11,14H,3,6-7,10H2,(H2,19,23)(H2,21,22,24). The summed E-state index contributed by atoms with van der Waals surface area (Å²) >= 11 is 0. The van der Waals surface area contributed by atoms with Gasteiger partial charge < -0.3 is 16.4 Å². The van der Waals surface area contributed by atoms with Gasteiger partial charge in [0, 0.05) is 6.04 Å². The molecule has 1 aliphatic rings. The van der Waals surface area contributed by atoms with Crippen LogP contribution in [0.15, 0.2) is 42.6 Å². The summed E-state index contributed by atoms with van der Waals surface area (Å²) in [5.74, 6) is -0.594. The number of primary amides is 1. The minimum Gasteiger partial charge on any atom is -0.364 e. The molecule has 0 saturated heterocycles. The van der Waals surface area contributed by atoms with Crippen molar-refractivity contribution >= 4 is 17.6 Å². The molecule has 6 nitrogen and oxygen atoms in total. The lowest BCUT2D eigenvalue weighted by Crippen LogP contribution is -2.39. The van der Waals surface area contributed by atoms with Gasteiger partial charge in [-0.2, -0.15) is 0 Å². The summed E-state index contributed by atoms with van der Waals surface area (Å²) < 4.78 is 0. The molecule has 0 radical (unpaired) electrons. The van der Waals surface area contributed by atoms with Crippen molar-refractivity contribution in [2.24, 2.45) is 5.73 Å². The summed E-state index contributed by atoms with van der Waals surface area (Å²) in [5.41, 5.74) is 8.50. The third-order valence-corrected chi connectivity index (χ3v) is 4.19. The minimum absolute atomic E-state index is 0.103. The van der Waals surface area contributed by atoms with E-state index in [9.17, 15) is 9.59 Å². The number of hydrogen-bond donors (Lipinski definition) is 3. The molecule has 0 bridgehead atoms. The summed E-state index contributed by atoms with van der Waals surface area (Å²) in [5, 5.41) is 5.75. The molecule has 0 saturated carbocycles. The van der Waals surface area contributed by atoms with E-state index in [0.29, 0.717) is 5.69 Å². The Hall–Kier alpha value is -2.89. The number of urea groups is 1. The second-order valence-electron chi connectivity index (χ2n) is 5.96. The average Bonchev–Trinajstić information content (AvgIpc) is 2.76. The molecule has 3 amide bonds. The first-order valence-electron chi connectivity index (χ1n) is 8.02. The van der Waals surface area contributed by atoms with Crippen LogP contribution in [0.1, 0.15) is 34.5 Å². The monoisotopic (exact) mass is 324 g/mol. The lowest BCUT2D eigenvalue weighted by atomic mass is 10.0. The highest BCUT2D eigenvalue weighted by atomic mass is 16.2. The normalized spacial score (nSPS) is 16.6. The third kappa shape index (κ3) is 3.90. The molecule has 0 aliphatic heterocycles. The van der Waals surface area contributed by atoms with Crippen molar-refractivity contribution in [1.82, 2.24) is 10.3 Å². The highest BCUT2D eigenvalue weighted by Gasteiger charge is 2.18. The molecule has 3 rings (SSSR count). The Morgan fingerprint density at radius 3 is 2.62 bits per heavy atom. The molecule has 0 spiro atoms. The Labute approximate surface area is 140 Å². The smallest absolute Gasteiger partial charge is 0.319 e. The maximum absolute atomic E-state index is 12.2. The number of fused-ring (bicyclic) bond motifs is 1. The van der Waals surface area contributed by atoms with Gasteiger partial charge in [0.2, 0.25) is 0 Å². The lowest BCUT2D eigenvalue weighted by Gasteiger charge is -2.17. The van der Waals surface area contributed by atoms with E-state index in [0.717, 1.165) is 25.7 Å². The van der Waals surface area contributed by atoms with Crippen LogP contribution >= 0.6 is 0 Å². The zero-order valence-electron chi connectivity index (χ0n) is 13.3. The number of nitrogens with two attached hydrogens (primary N) is 1. The van der Waals surface area contributed by atoms with Crippen molar-refractivity contribution in [3.63, 3.8) is 0 Å². The number of pyridine rings is 1. The van der Waals surface area contributed by atoms with E-state index in [1.54, 1.807) is 6.07 Å². The van der Waals surface area contributed by atoms with Crippen molar-refractivity contribution in [3.8, 4) is 0 Å². The molecule has 1 atom stereocenters. The van der Waals surface area contributed by atoms with Gasteiger partial charge in [0.1, 0.15) is 5.69 Å². The fourth-order valence-corrected chi connectivity index (χ4v) is 3.00. The highest BCUT2D eigenvalue weighted by molar-refractivity contribution is 5.92. The minimum atomic E-state index is -0.594. The molecular weight excluding hydrogens is 304 g/mol. The Bertz CT molecular complexity index is 743. The van der Waals surface area contributed by atoms with Crippen molar-refractivity contribution in [3.05, 3.63) is 59.4 Å². The van der Waals surface area contributed by atoms with Gasteiger partial charge in [-0.3, -0.25) is 4.79 Å². The summed E-state index contributed by atoms with van der Waals surface area (Å²) in [6.45, 7) is 0. The lowest BCUT2D eigenvalue weighted by molar-refractivity contribution is 0.0995. The average molecular weight is 324 g/mol. The molecule has 2 aromatic rings. The van der Waals surface area contributed by atoms with E-state index in [1.165, 1.54) is 23.4 Å². The molecule has 1 aromatic heterocycles. The van der Waals surface area contributed by atoms with E-state index < -0.39 is 5.91 Å². The summed E-state index contributed by atoms with van der Waals surface area (Å²) in [4.78, 5) is 27.1. The highest BCUT2D eigenvalue weighted by Crippen LogP contribution is 2.20. The number of rotatable bonds is 3. The summed E-state index contributed by atoms with van der Waals surface area (Å²) in [6.07, 6.45) is 5.30. The number of nitrogens with zero attached hydrogens (tertiary/aromatic N) is 1. The predicted molar refractivity (Wildman–Crippen MR) is 91.8 cm³/mol. The van der Waals surface area contributed by atoms with Gasteiger partial charge >= 0.3 is 6.03 Å². The first kappa shape index (κ1) is 16.0. The molecule has 1 aliphatic carbocycles. The summed E-state index contributed by atoms with van der Waals surface area (Å²) in [7, 11) is 0. The van der Waals surface area contributed by atoms with Gasteiger partial charge in [0.25, 0.3) is 5.91 Å². The quantitative estimate of drug-likeness (QED) is 0.755. The van der Waals surface area contributed by atoms with Crippen molar-refractivity contribution in [2.75, 3.05) is 5.32 Å². The Morgan fingerprint density at radius 2 is 1.92 bits per heavy atom. The Balaban J connectivity index is 1.59. The molecule has 6 heteroatoms. The molecule has 1 heterocycles. The zero-order chi connectivity index (χ0) is 16.9. The number of carbonyl (C=O) groups is 2. The van der Waals surface area contributed by atoms with Crippen molar-refractivity contribution in [2.45, 2.75) is 31.7 Å². The topological polar surface area (TPSA) is 97.1 Å². The molecule has 124 valence electrons. The largest absolute Gasteiger partial charge is 0.364 e. The van der Waals surface area contributed by atoms with Crippen LogP contribution in [-0.2, 0) is 12.8 Å². The number of aromatic nitrogens is 1. The van der Waals surface area contributed by atoms with Gasteiger partial charge in [-0.05, 0) is 48.9 Å². The van der Waals surface area contributed by atoms with Crippen LogP contribution in [0.4, 0.5) is 10.5 Å². The molecule has 4 N–H and O–H groups in total. The number of amides is 3. The SMILES string of the molecule is NC(=O)c1ccc(NC(=O)NC2CCCc3ccccc3C2)cn1. The van der Waals surface area contributed by atoms with Gasteiger partial charge in [-0.1, -0.05) is 24.3 Å². The first-order valence-corrected chi connectivity index (χ1v) is 8.02. The molecule has 1 aromatic carbocycles. The van der Waals surface area contributed by atoms with Crippen LogP contribution in [0.3, 0.4) is 0 Å². The second-order valence-corrected chi connectivity index (χ2v) is 5.96. The van der Waals surface area contributed by atoms with Crippen LogP contribution in [0.2, 0.25) is 0 Å². The van der Waals surface area contributed by atoms with Gasteiger partial charge in [-0.15, -0.1) is 0 Å². The number of hydrogen-bond acceptors (Lipinski definition) is 3. The predicted octanol–water partition coefficient (Wildman–Crippen LogP) is 2.25. The van der Waals surface area contributed by atoms with E-state index in [1.807, 2.05) is 6.07 Å². The van der Waals surface area contributed by atoms with Gasteiger partial charge in [-0.25, -0.2) is 9.78 Å². The molecule has 0 fully saturated rings. The Kier molecular flexibility index (Phi) is 4.74. The van der Waals surface area contributed by atoms with Crippen LogP contribution in [0.5, 0.6) is 0 Å².